The second-order valence-electron chi connectivity index (χ2n) is 6.57. The first-order valence-electron chi connectivity index (χ1n) is 10.1. The molecule has 0 aliphatic heterocycles. The average Bonchev–Trinajstić information content (AvgIpc) is 2.72. The van der Waals surface area contributed by atoms with Gasteiger partial charge in [-0.15, -0.1) is 0 Å². The van der Waals surface area contributed by atoms with Crippen molar-refractivity contribution in [3.63, 3.8) is 0 Å². The second-order valence-corrected chi connectivity index (χ2v) is 6.57. The van der Waals surface area contributed by atoms with Crippen molar-refractivity contribution in [2.75, 3.05) is 44.0 Å². The number of rotatable bonds is 11. The molecule has 0 saturated carbocycles. The largest absolute Gasteiger partial charge is 0.493 e. The van der Waals surface area contributed by atoms with Crippen molar-refractivity contribution in [3.05, 3.63) is 48.2 Å². The molecule has 1 aromatic carbocycles. The Balaban J connectivity index is 1.87. The third-order valence-electron chi connectivity index (χ3n) is 3.97. The van der Waals surface area contributed by atoms with Gasteiger partial charge in [-0.1, -0.05) is 12.1 Å². The maximum atomic E-state index is 12.1. The SMILES string of the molecule is CCNC(=NCCC(=O)Nc1cccc(C)n1)Nc1cccc(OCCCOC)c1. The Morgan fingerprint density at radius 3 is 2.73 bits per heavy atom. The third-order valence-corrected chi connectivity index (χ3v) is 3.97. The number of amides is 1. The monoisotopic (exact) mass is 413 g/mol. The topological polar surface area (TPSA) is 96.9 Å². The van der Waals surface area contributed by atoms with Crippen LogP contribution < -0.4 is 20.7 Å². The van der Waals surface area contributed by atoms with Gasteiger partial charge in [-0.2, -0.15) is 0 Å². The van der Waals surface area contributed by atoms with Crippen LogP contribution in [-0.2, 0) is 9.53 Å². The molecule has 30 heavy (non-hydrogen) atoms. The molecule has 2 rings (SSSR count). The standard InChI is InChI=1S/C22H31N5O3/c1-4-23-22(24-13-12-21(28)27-20-11-5-8-17(2)25-20)26-18-9-6-10-19(16-18)30-15-7-14-29-3/h5-6,8-11,16H,4,7,12-15H2,1-3H3,(H2,23,24,26)(H,25,27,28). The maximum absolute atomic E-state index is 12.1. The van der Waals surface area contributed by atoms with Crippen molar-refractivity contribution in [1.82, 2.24) is 10.3 Å². The highest BCUT2D eigenvalue weighted by Gasteiger charge is 2.05. The van der Waals surface area contributed by atoms with Crippen molar-refractivity contribution in [2.45, 2.75) is 26.7 Å². The molecule has 0 unspecified atom stereocenters. The Kier molecular flexibility index (Phi) is 10.2. The minimum Gasteiger partial charge on any atom is -0.493 e. The summed E-state index contributed by atoms with van der Waals surface area (Å²) in [6.07, 6.45) is 1.09. The van der Waals surface area contributed by atoms with Crippen molar-refractivity contribution in [1.29, 1.82) is 0 Å². The summed E-state index contributed by atoms with van der Waals surface area (Å²) >= 11 is 0. The number of aromatic nitrogens is 1. The highest BCUT2D eigenvalue weighted by Crippen LogP contribution is 2.17. The number of pyridine rings is 1. The molecule has 0 saturated heterocycles. The summed E-state index contributed by atoms with van der Waals surface area (Å²) < 4.78 is 10.8. The summed E-state index contributed by atoms with van der Waals surface area (Å²) in [4.78, 5) is 20.9. The van der Waals surface area contributed by atoms with E-state index in [0.29, 0.717) is 38.1 Å². The van der Waals surface area contributed by atoms with E-state index in [1.54, 1.807) is 13.2 Å². The van der Waals surface area contributed by atoms with Crippen LogP contribution in [0.3, 0.4) is 0 Å². The number of hydrogen-bond donors (Lipinski definition) is 3. The Hall–Kier alpha value is -3.13. The van der Waals surface area contributed by atoms with Crippen molar-refractivity contribution < 1.29 is 14.3 Å². The predicted molar refractivity (Wildman–Crippen MR) is 120 cm³/mol. The van der Waals surface area contributed by atoms with Crippen LogP contribution in [0.5, 0.6) is 5.75 Å². The van der Waals surface area contributed by atoms with Crippen molar-refractivity contribution >= 4 is 23.4 Å². The van der Waals surface area contributed by atoms with Gasteiger partial charge in [0.2, 0.25) is 5.91 Å². The molecular weight excluding hydrogens is 382 g/mol. The molecule has 1 amide bonds. The van der Waals surface area contributed by atoms with Crippen molar-refractivity contribution in [3.8, 4) is 5.75 Å². The Morgan fingerprint density at radius 2 is 1.97 bits per heavy atom. The highest BCUT2D eigenvalue weighted by molar-refractivity contribution is 5.94. The van der Waals surface area contributed by atoms with Gasteiger partial charge in [0.15, 0.2) is 5.96 Å². The van der Waals surface area contributed by atoms with E-state index >= 15 is 0 Å². The lowest BCUT2D eigenvalue weighted by Crippen LogP contribution is -2.31. The quantitative estimate of drug-likeness (QED) is 0.297. The zero-order chi connectivity index (χ0) is 21.6. The van der Waals surface area contributed by atoms with Gasteiger partial charge in [-0.05, 0) is 38.1 Å². The van der Waals surface area contributed by atoms with Crippen LogP contribution in [0, 0.1) is 6.92 Å². The van der Waals surface area contributed by atoms with E-state index in [-0.39, 0.29) is 12.3 Å². The minimum atomic E-state index is -0.126. The van der Waals surface area contributed by atoms with Crippen LogP contribution >= 0.6 is 0 Å². The minimum absolute atomic E-state index is 0.126. The number of ether oxygens (including phenoxy) is 2. The number of hydrogen-bond acceptors (Lipinski definition) is 5. The fourth-order valence-corrected chi connectivity index (χ4v) is 2.59. The third kappa shape index (κ3) is 8.91. The van der Waals surface area contributed by atoms with Crippen LogP contribution in [0.2, 0.25) is 0 Å². The molecule has 162 valence electrons. The van der Waals surface area contributed by atoms with Gasteiger partial charge in [-0.3, -0.25) is 9.79 Å². The first-order chi connectivity index (χ1) is 14.6. The van der Waals surface area contributed by atoms with Gasteiger partial charge in [-0.25, -0.2) is 4.98 Å². The number of carbonyl (C=O) groups excluding carboxylic acids is 1. The van der Waals surface area contributed by atoms with Crippen LogP contribution in [0.25, 0.3) is 0 Å². The molecule has 1 heterocycles. The van der Waals surface area contributed by atoms with E-state index < -0.39 is 0 Å². The number of aliphatic imine (C=N–C) groups is 1. The summed E-state index contributed by atoms with van der Waals surface area (Å²) in [6.45, 7) is 6.19. The summed E-state index contributed by atoms with van der Waals surface area (Å²) in [7, 11) is 1.68. The number of methoxy groups -OCH3 is 1. The number of carbonyl (C=O) groups is 1. The number of anilines is 2. The first-order valence-corrected chi connectivity index (χ1v) is 10.1. The van der Waals surface area contributed by atoms with E-state index in [9.17, 15) is 4.79 Å². The molecule has 2 aromatic rings. The normalized spacial score (nSPS) is 11.1. The van der Waals surface area contributed by atoms with Gasteiger partial charge in [0, 0.05) is 50.6 Å². The number of guanidine groups is 1. The lowest BCUT2D eigenvalue weighted by Gasteiger charge is -2.13. The number of aryl methyl sites for hydroxylation is 1. The van der Waals surface area contributed by atoms with E-state index in [2.05, 4.69) is 25.9 Å². The Bertz CT molecular complexity index is 826. The van der Waals surface area contributed by atoms with Crippen LogP contribution in [0.1, 0.15) is 25.5 Å². The van der Waals surface area contributed by atoms with Gasteiger partial charge >= 0.3 is 0 Å². The molecule has 1 aromatic heterocycles. The predicted octanol–water partition coefficient (Wildman–Crippen LogP) is 3.21. The zero-order valence-electron chi connectivity index (χ0n) is 17.9. The van der Waals surface area contributed by atoms with Gasteiger partial charge < -0.3 is 25.4 Å². The smallest absolute Gasteiger partial charge is 0.227 e. The van der Waals surface area contributed by atoms with E-state index in [4.69, 9.17) is 9.47 Å². The molecule has 0 aliphatic rings. The zero-order valence-corrected chi connectivity index (χ0v) is 17.9. The lowest BCUT2D eigenvalue weighted by molar-refractivity contribution is -0.116. The van der Waals surface area contributed by atoms with E-state index in [1.165, 1.54) is 0 Å². The fraction of sp³-hybridized carbons (Fsp3) is 0.409. The van der Waals surface area contributed by atoms with Crippen LogP contribution in [0.4, 0.5) is 11.5 Å². The maximum Gasteiger partial charge on any atom is 0.227 e. The Labute approximate surface area is 178 Å². The Morgan fingerprint density at radius 1 is 1.13 bits per heavy atom. The van der Waals surface area contributed by atoms with Gasteiger partial charge in [0.05, 0.1) is 13.2 Å². The van der Waals surface area contributed by atoms with E-state index in [0.717, 1.165) is 23.6 Å². The number of nitrogens with zero attached hydrogens (tertiary/aromatic N) is 2. The number of benzene rings is 1. The van der Waals surface area contributed by atoms with Gasteiger partial charge in [0.1, 0.15) is 11.6 Å². The molecule has 8 heteroatoms. The molecule has 8 nitrogen and oxygen atoms in total. The van der Waals surface area contributed by atoms with Crippen LogP contribution in [-0.4, -0.2) is 50.3 Å². The molecular formula is C22H31N5O3. The van der Waals surface area contributed by atoms with Crippen LogP contribution in [0.15, 0.2) is 47.5 Å². The number of nitrogens with one attached hydrogen (secondary N) is 3. The average molecular weight is 414 g/mol. The highest BCUT2D eigenvalue weighted by atomic mass is 16.5. The molecule has 0 fully saturated rings. The van der Waals surface area contributed by atoms with E-state index in [1.807, 2.05) is 50.2 Å². The molecule has 0 bridgehead atoms. The summed E-state index contributed by atoms with van der Waals surface area (Å²) in [5, 5.41) is 9.21. The summed E-state index contributed by atoms with van der Waals surface area (Å²) in [5.41, 5.74) is 1.71. The molecule has 0 spiro atoms. The summed E-state index contributed by atoms with van der Waals surface area (Å²) in [5.74, 6) is 1.81. The van der Waals surface area contributed by atoms with Crippen molar-refractivity contribution in [2.24, 2.45) is 4.99 Å². The molecule has 3 N–H and O–H groups in total. The molecule has 0 atom stereocenters. The molecule has 0 aliphatic carbocycles. The van der Waals surface area contributed by atoms with Gasteiger partial charge in [0.25, 0.3) is 0 Å². The molecule has 0 radical (unpaired) electrons. The summed E-state index contributed by atoms with van der Waals surface area (Å²) in [6, 6.07) is 13.2. The first kappa shape index (κ1) is 23.2. The second kappa shape index (κ2) is 13.2. The lowest BCUT2D eigenvalue weighted by atomic mass is 10.3. The fourth-order valence-electron chi connectivity index (χ4n) is 2.59.